The lowest BCUT2D eigenvalue weighted by Gasteiger charge is -2.44. The lowest BCUT2D eigenvalue weighted by molar-refractivity contribution is -0.144. The molecule has 0 aromatic carbocycles. The number of carbonyl (C=O) groups is 2. The van der Waals surface area contributed by atoms with Gasteiger partial charge in [0.05, 0.1) is 24.9 Å². The van der Waals surface area contributed by atoms with Crippen LogP contribution in [-0.2, 0) is 23.5 Å². The van der Waals surface area contributed by atoms with E-state index in [1.54, 1.807) is 6.92 Å². The second kappa shape index (κ2) is 20.2. The smallest absolute Gasteiger partial charge is 0.336 e. The van der Waals surface area contributed by atoms with Crippen LogP contribution in [0, 0.1) is 29.6 Å². The second-order valence-electron chi connectivity index (χ2n) is 16.1. The molecule has 0 spiro atoms. The summed E-state index contributed by atoms with van der Waals surface area (Å²) in [4.78, 5) is 25.4. The third kappa shape index (κ3) is 12.2. The Morgan fingerprint density at radius 1 is 0.696 bits per heavy atom. The van der Waals surface area contributed by atoms with Crippen molar-refractivity contribution >= 4 is 20.3 Å². The van der Waals surface area contributed by atoms with E-state index in [0.717, 1.165) is 30.6 Å². The van der Waals surface area contributed by atoms with Gasteiger partial charge >= 0.3 is 11.9 Å². The Balaban J connectivity index is 1.88. The van der Waals surface area contributed by atoms with Gasteiger partial charge in [0, 0.05) is 11.5 Å². The minimum absolute atomic E-state index is 0.0487. The Kier molecular flexibility index (Phi) is 17.9. The monoisotopic (exact) mass is 661 g/mol. The maximum atomic E-state index is 13.2. The lowest BCUT2D eigenvalue weighted by Crippen LogP contribution is -2.50. The molecule has 0 N–H and O–H groups in total. The van der Waals surface area contributed by atoms with Gasteiger partial charge in [0.15, 0.2) is 0 Å². The van der Waals surface area contributed by atoms with Gasteiger partial charge in [0.25, 0.3) is 0 Å². The molecule has 2 fully saturated rings. The first-order chi connectivity index (χ1) is 21.7. The quantitative estimate of drug-likeness (QED) is 0.0563. The summed E-state index contributed by atoms with van der Waals surface area (Å²) in [7, 11) is -2.17. The highest BCUT2D eigenvalue weighted by Crippen LogP contribution is 2.44. The average Bonchev–Trinajstić information content (AvgIpc) is 3.02. The number of carbonyl (C=O) groups excluding carboxylic acids is 2. The van der Waals surface area contributed by atoms with Gasteiger partial charge < -0.3 is 13.9 Å². The molecule has 5 nitrogen and oxygen atoms in total. The molecule has 2 atom stereocenters. The normalized spacial score (nSPS) is 23.7. The number of hydrogen-bond acceptors (Lipinski definition) is 5. The van der Waals surface area contributed by atoms with E-state index >= 15 is 0 Å². The summed E-state index contributed by atoms with van der Waals surface area (Å²) < 4.78 is 18.2. The van der Waals surface area contributed by atoms with Crippen molar-refractivity contribution in [3.05, 3.63) is 24.3 Å². The molecule has 0 saturated heterocycles. The predicted octanol–water partition coefficient (Wildman–Crippen LogP) is 11.4. The zero-order valence-electron chi connectivity index (χ0n) is 31.5. The fourth-order valence-corrected chi connectivity index (χ4v) is 14.4. The summed E-state index contributed by atoms with van der Waals surface area (Å²) >= 11 is 0. The molecule has 0 aromatic heterocycles. The number of hydrogen-bond donors (Lipinski definition) is 0. The summed E-state index contributed by atoms with van der Waals surface area (Å²) in [6.45, 7) is 27.6. The van der Waals surface area contributed by atoms with E-state index in [1.807, 2.05) is 6.92 Å². The Morgan fingerprint density at radius 3 is 1.59 bits per heavy atom. The summed E-state index contributed by atoms with van der Waals surface area (Å²) in [6.07, 6.45) is 18.2. The number of rotatable bonds is 20. The topological polar surface area (TPSA) is 61.8 Å². The minimum Gasteiger partial charge on any atom is -0.462 e. The molecule has 2 unspecified atom stereocenters. The van der Waals surface area contributed by atoms with Crippen LogP contribution in [0.25, 0.3) is 0 Å². The van der Waals surface area contributed by atoms with Crippen molar-refractivity contribution < 1.29 is 23.5 Å². The Morgan fingerprint density at radius 2 is 1.15 bits per heavy atom. The van der Waals surface area contributed by atoms with Crippen molar-refractivity contribution in [1.29, 1.82) is 0 Å². The predicted molar refractivity (Wildman–Crippen MR) is 195 cm³/mol. The molecule has 46 heavy (non-hydrogen) atoms. The molecule has 0 aromatic rings. The van der Waals surface area contributed by atoms with Crippen molar-refractivity contribution in [2.45, 2.75) is 175 Å². The molecular weight excluding hydrogens is 589 g/mol. The fourth-order valence-electron chi connectivity index (χ4n) is 8.82. The van der Waals surface area contributed by atoms with Crippen LogP contribution in [0.1, 0.15) is 152 Å². The van der Waals surface area contributed by atoms with Gasteiger partial charge in [-0.05, 0) is 92.7 Å². The Labute approximate surface area is 285 Å². The van der Waals surface area contributed by atoms with Gasteiger partial charge in [0.1, 0.15) is 0 Å². The van der Waals surface area contributed by atoms with Gasteiger partial charge in [-0.15, -0.1) is 0 Å². The molecule has 2 aliphatic carbocycles. The summed E-state index contributed by atoms with van der Waals surface area (Å²) in [5, 5.41) is 0. The largest absolute Gasteiger partial charge is 0.462 e. The van der Waals surface area contributed by atoms with Crippen LogP contribution < -0.4 is 0 Å². The van der Waals surface area contributed by atoms with Gasteiger partial charge in [-0.2, -0.15) is 0 Å². The molecule has 0 aliphatic heterocycles. The fraction of sp³-hybridized carbons (Fsp3) is 0.850. The molecule has 266 valence electrons. The molecule has 0 amide bonds. The van der Waals surface area contributed by atoms with Crippen molar-refractivity contribution in [2.24, 2.45) is 29.6 Å². The van der Waals surface area contributed by atoms with E-state index in [4.69, 9.17) is 13.9 Å². The van der Waals surface area contributed by atoms with E-state index in [2.05, 4.69) is 61.6 Å². The average molecular weight is 661 g/mol. The van der Waals surface area contributed by atoms with E-state index in [-0.39, 0.29) is 25.1 Å². The highest BCUT2D eigenvalue weighted by Gasteiger charge is 2.46. The van der Waals surface area contributed by atoms with E-state index < -0.39 is 20.4 Å². The van der Waals surface area contributed by atoms with Crippen LogP contribution in [0.3, 0.4) is 0 Å². The number of unbranched alkanes of at least 4 members (excludes halogenated alkanes) is 2. The number of esters is 2. The van der Waals surface area contributed by atoms with Gasteiger partial charge in [-0.1, -0.05) is 113 Å². The molecule has 0 heterocycles. The second-order valence-corrected chi connectivity index (χ2v) is 21.5. The maximum absolute atomic E-state index is 13.2. The SMILES string of the molecule is C=C(C)C(=O)OCC(CCC1CCC(C2CCC(CCCCC)CC2)CC1)COC(=O)C(=C)C(C)O[Si](C(C)C)(C(C)C)C(C)C. The summed E-state index contributed by atoms with van der Waals surface area (Å²) in [6, 6.07) is 0. The summed E-state index contributed by atoms with van der Waals surface area (Å²) in [5.41, 5.74) is 1.99. The first-order valence-corrected chi connectivity index (χ1v) is 21.2. The van der Waals surface area contributed by atoms with Crippen LogP contribution in [0.5, 0.6) is 0 Å². The first kappa shape index (κ1) is 40.8. The van der Waals surface area contributed by atoms with Gasteiger partial charge in [-0.25, -0.2) is 9.59 Å². The third-order valence-corrected chi connectivity index (χ3v) is 17.9. The molecular formula is C40H72O5Si. The van der Waals surface area contributed by atoms with Crippen molar-refractivity contribution in [3.8, 4) is 0 Å². The Bertz CT molecular complexity index is 918. The van der Waals surface area contributed by atoms with E-state index in [1.165, 1.54) is 77.0 Å². The Hall–Kier alpha value is -1.40. The first-order valence-electron chi connectivity index (χ1n) is 19.1. The minimum atomic E-state index is -2.17. The molecule has 2 rings (SSSR count). The van der Waals surface area contributed by atoms with Gasteiger partial charge in [0.2, 0.25) is 8.32 Å². The van der Waals surface area contributed by atoms with Gasteiger partial charge in [-0.3, -0.25) is 0 Å². The molecule has 2 aliphatic rings. The van der Waals surface area contributed by atoms with Crippen LogP contribution >= 0.6 is 0 Å². The molecule has 2 saturated carbocycles. The van der Waals surface area contributed by atoms with Crippen LogP contribution in [0.15, 0.2) is 24.3 Å². The zero-order valence-corrected chi connectivity index (χ0v) is 32.5. The maximum Gasteiger partial charge on any atom is 0.336 e. The highest BCUT2D eigenvalue weighted by atomic mass is 28.4. The molecule has 0 bridgehead atoms. The van der Waals surface area contributed by atoms with Crippen LogP contribution in [0.2, 0.25) is 16.6 Å². The highest BCUT2D eigenvalue weighted by molar-refractivity contribution is 6.77. The standard InChI is InChI=1S/C40H72O5Si/c1-12-13-14-15-34-18-22-37(23-19-34)38-24-20-35(21-25-38)16-17-36(26-43-39(41)28(2)3)27-44-40(42)32(10)33(11)45-46(29(4)5,30(6)7)31(8)9/h29-31,33-38H,2,10,12-27H2,1,3-9,11H3. The molecule has 6 heteroatoms. The molecule has 0 radical (unpaired) electrons. The van der Waals surface area contributed by atoms with Crippen molar-refractivity contribution in [2.75, 3.05) is 13.2 Å². The van der Waals surface area contributed by atoms with E-state index in [9.17, 15) is 9.59 Å². The van der Waals surface area contributed by atoms with Crippen LogP contribution in [-0.4, -0.2) is 39.6 Å². The van der Waals surface area contributed by atoms with Crippen LogP contribution in [0.4, 0.5) is 0 Å². The summed E-state index contributed by atoms with van der Waals surface area (Å²) in [5.74, 6) is 2.66. The lowest BCUT2D eigenvalue weighted by atomic mass is 9.68. The van der Waals surface area contributed by atoms with Crippen molar-refractivity contribution in [1.82, 2.24) is 0 Å². The third-order valence-electron chi connectivity index (χ3n) is 11.7. The zero-order chi connectivity index (χ0) is 34.4. The number of ether oxygens (including phenoxy) is 2. The van der Waals surface area contributed by atoms with Crippen molar-refractivity contribution in [3.63, 3.8) is 0 Å². The van der Waals surface area contributed by atoms with E-state index in [0.29, 0.717) is 33.7 Å².